The summed E-state index contributed by atoms with van der Waals surface area (Å²) in [5, 5.41) is 17.5. The topological polar surface area (TPSA) is 110 Å². The molecule has 0 aliphatic heterocycles. The van der Waals surface area contributed by atoms with Gasteiger partial charge in [-0.1, -0.05) is 58.3 Å². The van der Waals surface area contributed by atoms with Crippen LogP contribution in [0, 0.1) is 0 Å². The van der Waals surface area contributed by atoms with Crippen LogP contribution < -0.4 is 29.6 Å². The maximum absolute atomic E-state index is 11.4. The Labute approximate surface area is 169 Å². The van der Waals surface area contributed by atoms with E-state index < -0.39 is 35.7 Å². The molecule has 0 saturated carbocycles. The van der Waals surface area contributed by atoms with E-state index in [9.17, 15) is 13.2 Å². The first-order chi connectivity index (χ1) is 10.9. The Morgan fingerprint density at radius 2 is 1.54 bits per heavy atom. The largest absolute Gasteiger partial charge is 1.00 e. The van der Waals surface area contributed by atoms with Crippen molar-refractivity contribution >= 4 is 16.4 Å². The Morgan fingerprint density at radius 1 is 1.04 bits per heavy atom. The van der Waals surface area contributed by atoms with E-state index in [-0.39, 0.29) is 37.4 Å². The summed E-state index contributed by atoms with van der Waals surface area (Å²) in [7, 11) is -4.47. The van der Waals surface area contributed by atoms with Crippen molar-refractivity contribution in [2.24, 2.45) is 0 Å². The van der Waals surface area contributed by atoms with Crippen molar-refractivity contribution in [1.29, 1.82) is 0 Å². The Morgan fingerprint density at radius 3 is 2.04 bits per heavy atom. The summed E-state index contributed by atoms with van der Waals surface area (Å²) in [5.74, 6) is -0.869. The maximum atomic E-state index is 11.4. The molecule has 0 bridgehead atoms. The van der Waals surface area contributed by atoms with E-state index in [0.717, 1.165) is 19.3 Å². The van der Waals surface area contributed by atoms with E-state index in [1.54, 1.807) is 0 Å². The minimum atomic E-state index is -4.47. The van der Waals surface area contributed by atoms with Crippen molar-refractivity contribution in [3.05, 3.63) is 0 Å². The monoisotopic (exact) mass is 378 g/mol. The zero-order valence-electron chi connectivity index (χ0n) is 15.9. The van der Waals surface area contributed by atoms with E-state index in [0.29, 0.717) is 6.42 Å². The van der Waals surface area contributed by atoms with E-state index in [2.05, 4.69) is 15.3 Å². The van der Waals surface area contributed by atoms with Gasteiger partial charge in [0.15, 0.2) is 0 Å². The van der Waals surface area contributed by atoms with Gasteiger partial charge in [0.05, 0.1) is 13.2 Å². The third-order valence-corrected chi connectivity index (χ3v) is 4.11. The zero-order valence-corrected chi connectivity index (χ0v) is 17.7. The minimum Gasteiger partial charge on any atom is -1.00 e. The van der Waals surface area contributed by atoms with Crippen LogP contribution >= 0.6 is 0 Å². The summed E-state index contributed by atoms with van der Waals surface area (Å²) in [6, 6.07) is 0. The van der Waals surface area contributed by atoms with Gasteiger partial charge in [0, 0.05) is 6.42 Å². The first-order valence-electron chi connectivity index (χ1n) is 8.32. The third-order valence-electron chi connectivity index (χ3n) is 3.29. The van der Waals surface area contributed by atoms with Crippen LogP contribution in [0.25, 0.3) is 0 Å². The zero-order chi connectivity index (χ0) is 17.6. The molecular formula is C15H31NaO7S. The molecule has 140 valence electrons. The van der Waals surface area contributed by atoms with Crippen LogP contribution in [0.15, 0.2) is 0 Å². The predicted molar refractivity (Wildman–Crippen MR) is 87.0 cm³/mol. The fourth-order valence-corrected chi connectivity index (χ4v) is 2.66. The second kappa shape index (κ2) is 16.8. The number of hydrogen-bond acceptors (Lipinski definition) is 7. The van der Waals surface area contributed by atoms with Crippen LogP contribution in [0.2, 0.25) is 0 Å². The van der Waals surface area contributed by atoms with Gasteiger partial charge in [0.2, 0.25) is 0 Å². The minimum absolute atomic E-state index is 0. The average Bonchev–Trinajstić information content (AvgIpc) is 2.50. The molecule has 0 heterocycles. The summed E-state index contributed by atoms with van der Waals surface area (Å²) in [6.45, 7) is 0.894. The molecule has 0 spiro atoms. The van der Waals surface area contributed by atoms with E-state index in [4.69, 9.17) is 10.2 Å². The molecule has 0 aliphatic carbocycles. The molecule has 0 rings (SSSR count). The van der Waals surface area contributed by atoms with Gasteiger partial charge in [-0.2, -0.15) is 8.42 Å². The van der Waals surface area contributed by atoms with Crippen LogP contribution in [-0.2, 0) is 23.6 Å². The molecule has 2 N–H and O–H groups in total. The van der Waals surface area contributed by atoms with Crippen molar-refractivity contribution in [2.75, 3.05) is 13.2 Å². The quantitative estimate of drug-likeness (QED) is 0.283. The fraction of sp³-hybridized carbons (Fsp3) is 0.933. The molecule has 24 heavy (non-hydrogen) atoms. The van der Waals surface area contributed by atoms with Crippen LogP contribution in [0.5, 0.6) is 0 Å². The molecule has 7 nitrogen and oxygen atoms in total. The van der Waals surface area contributed by atoms with Crippen LogP contribution in [0.3, 0.4) is 0 Å². The summed E-state index contributed by atoms with van der Waals surface area (Å²) in [6.07, 6.45) is 8.46. The Bertz CT molecular complexity index is 407. The second-order valence-corrected chi connectivity index (χ2v) is 6.78. The van der Waals surface area contributed by atoms with Crippen LogP contribution in [-0.4, -0.2) is 43.9 Å². The summed E-state index contributed by atoms with van der Waals surface area (Å²) in [5.41, 5.74) is 0. The number of hydrogen-bond donors (Lipinski definition) is 2. The van der Waals surface area contributed by atoms with Crippen molar-refractivity contribution < 1.29 is 62.8 Å². The number of aliphatic hydroxyl groups excluding tert-OH is 2. The normalized spacial score (nSPS) is 12.5. The van der Waals surface area contributed by atoms with E-state index in [1.165, 1.54) is 32.1 Å². The SMILES string of the molecule is CCCCCCCCCCCC(=O)OS(=O)(=O)OCC(O)CO.[H-].[Na+]. The van der Waals surface area contributed by atoms with Crippen LogP contribution in [0.4, 0.5) is 0 Å². The second-order valence-electron chi connectivity index (χ2n) is 5.56. The van der Waals surface area contributed by atoms with Gasteiger partial charge >= 0.3 is 45.9 Å². The summed E-state index contributed by atoms with van der Waals surface area (Å²) < 4.78 is 31.0. The number of carbonyl (C=O) groups is 1. The van der Waals surface area contributed by atoms with Crippen molar-refractivity contribution in [2.45, 2.75) is 77.2 Å². The summed E-state index contributed by atoms with van der Waals surface area (Å²) >= 11 is 0. The van der Waals surface area contributed by atoms with E-state index >= 15 is 0 Å². The van der Waals surface area contributed by atoms with Gasteiger partial charge in [0.1, 0.15) is 6.10 Å². The first-order valence-corrected chi connectivity index (χ1v) is 9.65. The molecule has 0 aromatic rings. The molecule has 1 atom stereocenters. The van der Waals surface area contributed by atoms with Gasteiger partial charge in [-0.15, -0.1) is 0 Å². The van der Waals surface area contributed by atoms with Gasteiger partial charge in [-0.3, -0.25) is 4.79 Å². The molecule has 9 heteroatoms. The molecule has 1 unspecified atom stereocenters. The number of carbonyl (C=O) groups excluding carboxylic acids is 1. The van der Waals surface area contributed by atoms with Crippen molar-refractivity contribution in [1.82, 2.24) is 0 Å². The summed E-state index contributed by atoms with van der Waals surface area (Å²) in [4.78, 5) is 11.4. The Hall–Kier alpha value is 0.300. The molecular weight excluding hydrogens is 347 g/mol. The standard InChI is InChI=1S/C15H30O7S.Na.H/c1-2-3-4-5-6-7-8-9-10-11-15(18)22-23(19,20)21-13-14(17)12-16;;/h14,16-17H,2-13H2,1H3;;/q;+1;-1. The molecule has 0 aromatic carbocycles. The van der Waals surface area contributed by atoms with Crippen molar-refractivity contribution in [3.63, 3.8) is 0 Å². The maximum Gasteiger partial charge on any atom is 1.00 e. The van der Waals surface area contributed by atoms with Crippen LogP contribution in [0.1, 0.15) is 72.6 Å². The van der Waals surface area contributed by atoms with Gasteiger partial charge < -0.3 is 15.8 Å². The van der Waals surface area contributed by atoms with Gasteiger partial charge in [0.25, 0.3) is 0 Å². The van der Waals surface area contributed by atoms with Gasteiger partial charge in [-0.05, 0) is 6.42 Å². The molecule has 0 amide bonds. The van der Waals surface area contributed by atoms with E-state index in [1.807, 2.05) is 0 Å². The Kier molecular flexibility index (Phi) is 18.5. The molecule has 0 saturated heterocycles. The molecule has 0 aromatic heterocycles. The average molecular weight is 378 g/mol. The first kappa shape index (κ1) is 26.5. The molecule has 0 radical (unpaired) electrons. The Balaban J connectivity index is -0.00000242. The number of rotatable bonds is 15. The molecule has 0 aliphatic rings. The smallest absolute Gasteiger partial charge is 1.00 e. The number of aliphatic hydroxyl groups is 2. The molecule has 0 fully saturated rings. The predicted octanol–water partition coefficient (Wildman–Crippen LogP) is -0.818. The third kappa shape index (κ3) is 17.1. The number of unbranched alkanes of at least 4 members (excludes halogenated alkanes) is 8. The van der Waals surface area contributed by atoms with Crippen molar-refractivity contribution in [3.8, 4) is 0 Å². The fourth-order valence-electron chi connectivity index (χ4n) is 1.97. The van der Waals surface area contributed by atoms with Gasteiger partial charge in [-0.25, -0.2) is 4.18 Å².